The number of nitrogens with one attached hydrogen (secondary N) is 1. The van der Waals surface area contributed by atoms with Crippen LogP contribution in [0, 0.1) is 0 Å². The molecule has 12 heteroatoms. The molecule has 1 aromatic carbocycles. The normalized spacial score (nSPS) is 17.0. The number of ether oxygens (including phenoxy) is 7. The molecule has 12 nitrogen and oxygen atoms in total. The number of rotatable bonds is 21. The zero-order valence-corrected chi connectivity index (χ0v) is 22.3. The molecule has 0 aromatic heterocycles. The lowest BCUT2D eigenvalue weighted by molar-refractivity contribution is -0.842. The molecule has 0 aliphatic carbocycles. The molecule has 1 fully saturated rings. The van der Waals surface area contributed by atoms with E-state index < -0.39 is 30.4 Å². The second-order valence-electron chi connectivity index (χ2n) is 8.88. The van der Waals surface area contributed by atoms with Crippen molar-refractivity contribution in [1.29, 1.82) is 0 Å². The van der Waals surface area contributed by atoms with E-state index in [9.17, 15) is 20.1 Å². The Bertz CT molecular complexity index is 816. The van der Waals surface area contributed by atoms with Crippen molar-refractivity contribution < 1.29 is 58.2 Å². The first-order chi connectivity index (χ1) is 18.9. The molecule has 4 atom stereocenters. The summed E-state index contributed by atoms with van der Waals surface area (Å²) in [6.45, 7) is 9.68. The highest BCUT2D eigenvalue weighted by atomic mass is 16.6. The van der Waals surface area contributed by atoms with Gasteiger partial charge in [-0.05, 0) is 24.3 Å². The SMILES string of the molecule is C=COCC(O)COCC(COCC(O)COC(=O)c1ccc([NH+]2CCOCC2)cc1)OCC(O)COC=C. The van der Waals surface area contributed by atoms with Gasteiger partial charge in [0, 0.05) is 0 Å². The number of morpholine rings is 1. The summed E-state index contributed by atoms with van der Waals surface area (Å²) in [6, 6.07) is 7.20. The zero-order chi connectivity index (χ0) is 28.3. The number of aliphatic hydroxyl groups is 3. The number of carbonyl (C=O) groups excluding carboxylic acids is 1. The van der Waals surface area contributed by atoms with Gasteiger partial charge in [-0.15, -0.1) is 0 Å². The Morgan fingerprint density at radius 3 is 1.92 bits per heavy atom. The van der Waals surface area contributed by atoms with Gasteiger partial charge in [0.1, 0.15) is 63.0 Å². The third kappa shape index (κ3) is 13.9. The van der Waals surface area contributed by atoms with Crippen LogP contribution in [0.4, 0.5) is 5.69 Å². The van der Waals surface area contributed by atoms with Crippen molar-refractivity contribution in [2.75, 3.05) is 79.2 Å². The van der Waals surface area contributed by atoms with Gasteiger partial charge >= 0.3 is 5.97 Å². The molecular formula is C27H42NO11+. The Labute approximate surface area is 229 Å². The van der Waals surface area contributed by atoms with Crippen LogP contribution < -0.4 is 4.90 Å². The number of benzene rings is 1. The van der Waals surface area contributed by atoms with Crippen molar-refractivity contribution in [3.05, 3.63) is 55.5 Å². The largest absolute Gasteiger partial charge is 0.499 e. The van der Waals surface area contributed by atoms with E-state index in [4.69, 9.17) is 33.2 Å². The highest BCUT2D eigenvalue weighted by molar-refractivity contribution is 5.89. The molecule has 1 aliphatic heterocycles. The van der Waals surface area contributed by atoms with E-state index in [-0.39, 0.29) is 52.9 Å². The fourth-order valence-electron chi connectivity index (χ4n) is 3.57. The number of carbonyl (C=O) groups is 1. The number of quaternary nitrogens is 1. The van der Waals surface area contributed by atoms with E-state index in [0.29, 0.717) is 18.8 Å². The van der Waals surface area contributed by atoms with Crippen molar-refractivity contribution in [1.82, 2.24) is 0 Å². The lowest BCUT2D eigenvalue weighted by atomic mass is 10.2. The Hall–Kier alpha value is -2.55. The maximum absolute atomic E-state index is 12.4. The minimum atomic E-state index is -1.06. The summed E-state index contributed by atoms with van der Waals surface area (Å²) in [4.78, 5) is 13.7. The molecule has 1 aliphatic rings. The van der Waals surface area contributed by atoms with Crippen molar-refractivity contribution in [2.24, 2.45) is 0 Å². The van der Waals surface area contributed by atoms with E-state index in [2.05, 4.69) is 13.2 Å². The summed E-state index contributed by atoms with van der Waals surface area (Å²) in [5.74, 6) is -0.540. The second-order valence-corrected chi connectivity index (χ2v) is 8.88. The molecule has 1 aromatic rings. The van der Waals surface area contributed by atoms with Gasteiger partial charge in [-0.2, -0.15) is 0 Å². The van der Waals surface area contributed by atoms with Crippen molar-refractivity contribution in [3.8, 4) is 0 Å². The molecule has 0 spiro atoms. The Morgan fingerprint density at radius 1 is 0.821 bits per heavy atom. The van der Waals surface area contributed by atoms with E-state index >= 15 is 0 Å². The molecule has 1 heterocycles. The molecule has 39 heavy (non-hydrogen) atoms. The fraction of sp³-hybridized carbons (Fsp3) is 0.593. The van der Waals surface area contributed by atoms with Gasteiger partial charge in [-0.1, -0.05) is 13.2 Å². The highest BCUT2D eigenvalue weighted by Crippen LogP contribution is 2.08. The molecule has 0 amide bonds. The van der Waals surface area contributed by atoms with Crippen LogP contribution in [-0.4, -0.2) is 125 Å². The van der Waals surface area contributed by atoms with Gasteiger partial charge in [0.2, 0.25) is 0 Å². The average Bonchev–Trinajstić information content (AvgIpc) is 2.96. The first kappa shape index (κ1) is 32.7. The minimum Gasteiger partial charge on any atom is -0.499 e. The zero-order valence-electron chi connectivity index (χ0n) is 22.3. The van der Waals surface area contributed by atoms with E-state index in [1.165, 1.54) is 17.4 Å². The second kappa shape index (κ2) is 19.5. The monoisotopic (exact) mass is 556 g/mol. The van der Waals surface area contributed by atoms with Crippen molar-refractivity contribution in [2.45, 2.75) is 24.4 Å². The van der Waals surface area contributed by atoms with Crippen LogP contribution in [0.1, 0.15) is 10.4 Å². The average molecular weight is 557 g/mol. The van der Waals surface area contributed by atoms with E-state index in [1.54, 1.807) is 12.1 Å². The van der Waals surface area contributed by atoms with Crippen LogP contribution >= 0.6 is 0 Å². The standard InChI is InChI=1S/C27H41NO11/c1-3-33-13-23(29)15-36-19-26(38-17-24(30)14-34-4-2)20-37-16-25(31)18-39-27(32)21-5-7-22(8-6-21)28-9-11-35-12-10-28/h3-8,23-26,29-31H,1-2,9-20H2/p+1. The predicted molar refractivity (Wildman–Crippen MR) is 140 cm³/mol. The third-order valence-corrected chi connectivity index (χ3v) is 5.60. The summed E-state index contributed by atoms with van der Waals surface area (Å²) in [5.41, 5.74) is 1.48. The van der Waals surface area contributed by atoms with Crippen LogP contribution in [0.5, 0.6) is 0 Å². The van der Waals surface area contributed by atoms with Gasteiger partial charge < -0.3 is 48.5 Å². The lowest BCUT2D eigenvalue weighted by Crippen LogP contribution is -3.09. The van der Waals surface area contributed by atoms with Crippen LogP contribution in [0.2, 0.25) is 0 Å². The van der Waals surface area contributed by atoms with Gasteiger partial charge in [0.05, 0.1) is 64.3 Å². The molecule has 2 rings (SSSR count). The molecule has 220 valence electrons. The molecule has 1 saturated heterocycles. The summed E-state index contributed by atoms with van der Waals surface area (Å²) < 4.78 is 37.1. The van der Waals surface area contributed by atoms with Crippen LogP contribution in [0.25, 0.3) is 0 Å². The number of hydrogen-bond donors (Lipinski definition) is 4. The fourth-order valence-corrected chi connectivity index (χ4v) is 3.57. The Kier molecular flexibility index (Phi) is 16.3. The van der Waals surface area contributed by atoms with Crippen LogP contribution in [-0.2, 0) is 33.2 Å². The van der Waals surface area contributed by atoms with E-state index in [0.717, 1.165) is 18.8 Å². The van der Waals surface area contributed by atoms with Gasteiger partial charge in [0.25, 0.3) is 0 Å². The van der Waals surface area contributed by atoms with Crippen molar-refractivity contribution in [3.63, 3.8) is 0 Å². The molecule has 0 radical (unpaired) electrons. The van der Waals surface area contributed by atoms with Gasteiger partial charge in [-0.3, -0.25) is 4.90 Å². The van der Waals surface area contributed by atoms with Gasteiger partial charge in [0.15, 0.2) is 0 Å². The summed E-state index contributed by atoms with van der Waals surface area (Å²) in [6.07, 6.45) is -0.984. The lowest BCUT2D eigenvalue weighted by Gasteiger charge is -2.23. The first-order valence-corrected chi connectivity index (χ1v) is 12.9. The van der Waals surface area contributed by atoms with E-state index in [1.807, 2.05) is 12.1 Å². The topological polar surface area (TPSA) is 147 Å². The number of aliphatic hydroxyl groups excluding tert-OH is 3. The minimum absolute atomic E-state index is 0.0106. The maximum Gasteiger partial charge on any atom is 0.338 e. The van der Waals surface area contributed by atoms with Crippen LogP contribution in [0.15, 0.2) is 49.9 Å². The Balaban J connectivity index is 1.72. The first-order valence-electron chi connectivity index (χ1n) is 12.9. The maximum atomic E-state index is 12.4. The molecule has 4 unspecified atom stereocenters. The summed E-state index contributed by atoms with van der Waals surface area (Å²) in [5, 5.41) is 29.9. The molecule has 0 saturated carbocycles. The quantitative estimate of drug-likeness (QED) is 0.112. The van der Waals surface area contributed by atoms with Crippen molar-refractivity contribution >= 4 is 11.7 Å². The molecule has 0 bridgehead atoms. The predicted octanol–water partition coefficient (Wildman–Crippen LogP) is -0.789. The Morgan fingerprint density at radius 2 is 1.36 bits per heavy atom. The third-order valence-electron chi connectivity index (χ3n) is 5.60. The number of hydrogen-bond acceptors (Lipinski definition) is 11. The van der Waals surface area contributed by atoms with Crippen LogP contribution in [0.3, 0.4) is 0 Å². The molecular weight excluding hydrogens is 514 g/mol. The number of esters is 1. The smallest absolute Gasteiger partial charge is 0.338 e. The molecule has 4 N–H and O–H groups in total. The van der Waals surface area contributed by atoms with Gasteiger partial charge in [-0.25, -0.2) is 4.79 Å². The summed E-state index contributed by atoms with van der Waals surface area (Å²) >= 11 is 0. The summed E-state index contributed by atoms with van der Waals surface area (Å²) in [7, 11) is 0. The highest BCUT2D eigenvalue weighted by Gasteiger charge is 2.19.